The van der Waals surface area contributed by atoms with Gasteiger partial charge >= 0.3 is 5.97 Å². The molecule has 0 bridgehead atoms. The Morgan fingerprint density at radius 3 is 2.45 bits per heavy atom. The first-order chi connectivity index (χ1) is 15.6. The van der Waals surface area contributed by atoms with Crippen LogP contribution in [-0.4, -0.2) is 32.9 Å². The minimum atomic E-state index is -4.34. The van der Waals surface area contributed by atoms with Crippen molar-refractivity contribution < 1.29 is 31.2 Å². The molecule has 9 nitrogen and oxygen atoms in total. The highest BCUT2D eigenvalue weighted by molar-refractivity contribution is 7.93. The van der Waals surface area contributed by atoms with E-state index in [2.05, 4.69) is 9.71 Å². The highest BCUT2D eigenvalue weighted by atomic mass is 35.5. The number of nitrogens with one attached hydrogen (secondary N) is 1. The molecule has 12 heteroatoms. The van der Waals surface area contributed by atoms with E-state index in [1.54, 1.807) is 24.3 Å². The number of anilines is 1. The molecule has 0 fully saturated rings. The van der Waals surface area contributed by atoms with Gasteiger partial charge in [-0.05, 0) is 23.8 Å². The minimum absolute atomic E-state index is 0.0119. The summed E-state index contributed by atoms with van der Waals surface area (Å²) in [5.74, 6) is -2.01. The molecule has 2 heterocycles. The number of hydrogen-bond acceptors (Lipinski definition) is 7. The van der Waals surface area contributed by atoms with Crippen LogP contribution in [-0.2, 0) is 25.6 Å². The average molecular weight is 507 g/mol. The van der Waals surface area contributed by atoms with Crippen LogP contribution in [0.2, 0.25) is 5.02 Å². The second-order valence-corrected chi connectivity index (χ2v) is 10.9. The Morgan fingerprint density at radius 1 is 1.03 bits per heavy atom. The van der Waals surface area contributed by atoms with E-state index in [0.717, 1.165) is 12.3 Å². The molecule has 0 amide bonds. The van der Waals surface area contributed by atoms with Gasteiger partial charge in [0.05, 0.1) is 22.0 Å². The van der Waals surface area contributed by atoms with Gasteiger partial charge in [-0.15, -0.1) is 0 Å². The van der Waals surface area contributed by atoms with Crippen molar-refractivity contribution in [2.45, 2.75) is 15.9 Å². The highest BCUT2D eigenvalue weighted by Gasteiger charge is 2.28. The van der Waals surface area contributed by atoms with E-state index in [4.69, 9.17) is 16.0 Å². The summed E-state index contributed by atoms with van der Waals surface area (Å²) in [7, 11) is -8.63. The maximum atomic E-state index is 13.1. The summed E-state index contributed by atoms with van der Waals surface area (Å²) in [5.41, 5.74) is -0.233. The quantitative estimate of drug-likeness (QED) is 0.383. The van der Waals surface area contributed by atoms with Crippen LogP contribution in [0.3, 0.4) is 0 Å². The number of carboxylic acid groups (broad SMARTS) is 1. The number of para-hydroxylation sites is 1. The number of fused-ring (bicyclic) bond motifs is 1. The first-order valence-electron chi connectivity index (χ1n) is 9.28. The standard InChI is InChI=1S/C21H15ClN2O7S2/c22-15-10-17(24-33(29,30)19-9-13-5-2-4-8-18(13)31-19)20(23-11-15)32(27,28)12-14-6-1-3-7-16(14)21(25)26/h1-11,24H,12H2,(H,25,26). The zero-order valence-electron chi connectivity index (χ0n) is 16.6. The Balaban J connectivity index is 1.74. The van der Waals surface area contributed by atoms with Crippen molar-refractivity contribution in [1.82, 2.24) is 4.98 Å². The highest BCUT2D eigenvalue weighted by Crippen LogP contribution is 2.30. The van der Waals surface area contributed by atoms with Gasteiger partial charge in [-0.1, -0.05) is 48.0 Å². The Hall–Kier alpha value is -3.41. The molecule has 0 saturated carbocycles. The zero-order valence-corrected chi connectivity index (χ0v) is 19.0. The summed E-state index contributed by atoms with van der Waals surface area (Å²) in [6.45, 7) is 0. The molecule has 170 valence electrons. The normalized spacial score (nSPS) is 12.0. The molecule has 0 unspecified atom stereocenters. The van der Waals surface area contributed by atoms with E-state index in [1.807, 2.05) is 0 Å². The molecule has 4 rings (SSSR count). The van der Waals surface area contributed by atoms with Crippen LogP contribution in [0.25, 0.3) is 11.0 Å². The number of sulfonamides is 1. The summed E-state index contributed by atoms with van der Waals surface area (Å²) in [5, 5.41) is 8.83. The molecule has 0 saturated heterocycles. The first-order valence-corrected chi connectivity index (χ1v) is 12.8. The molecule has 0 radical (unpaired) electrons. The number of aromatic carboxylic acids is 1. The lowest BCUT2D eigenvalue weighted by Gasteiger charge is -2.12. The number of nitrogens with zero attached hydrogens (tertiary/aromatic N) is 1. The summed E-state index contributed by atoms with van der Waals surface area (Å²) in [4.78, 5) is 15.3. The fourth-order valence-corrected chi connectivity index (χ4v) is 5.87. The first kappa shape index (κ1) is 22.8. The third-order valence-corrected chi connectivity index (χ3v) is 7.65. The van der Waals surface area contributed by atoms with Crippen molar-refractivity contribution in [2.75, 3.05) is 4.72 Å². The number of aromatic nitrogens is 1. The molecule has 0 aliphatic rings. The van der Waals surface area contributed by atoms with Crippen LogP contribution < -0.4 is 4.72 Å². The molecule has 2 aromatic heterocycles. The van der Waals surface area contributed by atoms with Gasteiger partial charge in [-0.3, -0.25) is 4.72 Å². The Labute approximate surface area is 193 Å². The summed E-state index contributed by atoms with van der Waals surface area (Å²) in [6, 6.07) is 14.6. The summed E-state index contributed by atoms with van der Waals surface area (Å²) in [6.07, 6.45) is 1.05. The maximum Gasteiger partial charge on any atom is 0.335 e. The van der Waals surface area contributed by atoms with Gasteiger partial charge in [-0.2, -0.15) is 8.42 Å². The number of hydrogen-bond donors (Lipinski definition) is 2. The Kier molecular flexibility index (Phi) is 5.87. The van der Waals surface area contributed by atoms with Crippen LogP contribution in [0.5, 0.6) is 0 Å². The number of halogens is 1. The van der Waals surface area contributed by atoms with Gasteiger partial charge in [0.15, 0.2) is 5.03 Å². The molecule has 33 heavy (non-hydrogen) atoms. The molecular formula is C21H15ClN2O7S2. The maximum absolute atomic E-state index is 13.1. The lowest BCUT2D eigenvalue weighted by molar-refractivity contribution is 0.0696. The SMILES string of the molecule is O=C(O)c1ccccc1CS(=O)(=O)c1ncc(Cl)cc1NS(=O)(=O)c1cc2ccccc2o1. The van der Waals surface area contributed by atoms with Crippen LogP contribution in [0.4, 0.5) is 5.69 Å². The van der Waals surface area contributed by atoms with Gasteiger partial charge in [0.25, 0.3) is 10.0 Å². The van der Waals surface area contributed by atoms with Crippen LogP contribution in [0.15, 0.2) is 81.4 Å². The zero-order chi connectivity index (χ0) is 23.8. The predicted octanol–water partition coefficient (Wildman–Crippen LogP) is 3.95. The molecule has 0 aliphatic heterocycles. The average Bonchev–Trinajstić information content (AvgIpc) is 3.19. The van der Waals surface area contributed by atoms with Gasteiger partial charge in [0.1, 0.15) is 5.58 Å². The van der Waals surface area contributed by atoms with E-state index >= 15 is 0 Å². The van der Waals surface area contributed by atoms with Crippen molar-refractivity contribution >= 4 is 54.1 Å². The molecule has 2 N–H and O–H groups in total. The van der Waals surface area contributed by atoms with Crippen molar-refractivity contribution in [3.63, 3.8) is 0 Å². The van der Waals surface area contributed by atoms with Crippen LogP contribution in [0, 0.1) is 0 Å². The van der Waals surface area contributed by atoms with E-state index in [9.17, 15) is 26.7 Å². The molecule has 0 spiro atoms. The minimum Gasteiger partial charge on any atom is -0.478 e. The van der Waals surface area contributed by atoms with Crippen molar-refractivity contribution in [3.05, 3.63) is 83.0 Å². The largest absolute Gasteiger partial charge is 0.478 e. The lowest BCUT2D eigenvalue weighted by Crippen LogP contribution is -2.17. The lowest BCUT2D eigenvalue weighted by atomic mass is 10.1. The third kappa shape index (κ3) is 4.70. The smallest absolute Gasteiger partial charge is 0.335 e. The van der Waals surface area contributed by atoms with E-state index in [0.29, 0.717) is 11.0 Å². The van der Waals surface area contributed by atoms with Gasteiger partial charge < -0.3 is 9.52 Å². The Bertz CT molecular complexity index is 1560. The van der Waals surface area contributed by atoms with Gasteiger partial charge in [0, 0.05) is 17.6 Å². The number of carboxylic acids is 1. The number of pyridine rings is 1. The van der Waals surface area contributed by atoms with Crippen molar-refractivity contribution in [2.24, 2.45) is 0 Å². The van der Waals surface area contributed by atoms with Crippen molar-refractivity contribution in [3.8, 4) is 0 Å². The molecule has 0 aliphatic carbocycles. The fraction of sp³-hybridized carbons (Fsp3) is 0.0476. The van der Waals surface area contributed by atoms with E-state index in [1.165, 1.54) is 30.3 Å². The van der Waals surface area contributed by atoms with Crippen molar-refractivity contribution in [1.29, 1.82) is 0 Å². The van der Waals surface area contributed by atoms with E-state index in [-0.39, 0.29) is 16.1 Å². The number of carbonyl (C=O) groups is 1. The number of furan rings is 1. The molecule has 4 aromatic rings. The second kappa shape index (κ2) is 8.50. The van der Waals surface area contributed by atoms with Crippen LogP contribution in [0.1, 0.15) is 15.9 Å². The van der Waals surface area contributed by atoms with E-state index < -0.39 is 47.4 Å². The number of rotatable bonds is 7. The Morgan fingerprint density at radius 2 is 1.73 bits per heavy atom. The number of sulfone groups is 1. The fourth-order valence-electron chi connectivity index (χ4n) is 3.16. The molecule has 0 atom stereocenters. The van der Waals surface area contributed by atoms with Gasteiger partial charge in [-0.25, -0.2) is 18.2 Å². The van der Waals surface area contributed by atoms with Gasteiger partial charge in [0.2, 0.25) is 14.9 Å². The molecule has 2 aromatic carbocycles. The number of benzene rings is 2. The second-order valence-electron chi connectivity index (χ2n) is 6.94. The topological polar surface area (TPSA) is 144 Å². The molecular weight excluding hydrogens is 492 g/mol. The summed E-state index contributed by atoms with van der Waals surface area (Å²) < 4.78 is 59.6. The third-order valence-electron chi connectivity index (χ3n) is 4.62. The van der Waals surface area contributed by atoms with Crippen LogP contribution >= 0.6 is 11.6 Å². The predicted molar refractivity (Wildman–Crippen MR) is 121 cm³/mol. The summed E-state index contributed by atoms with van der Waals surface area (Å²) >= 11 is 5.94. The monoisotopic (exact) mass is 506 g/mol.